The summed E-state index contributed by atoms with van der Waals surface area (Å²) in [5.41, 5.74) is -0.287. The minimum absolute atomic E-state index is 0.0405. The number of aromatic nitrogens is 2. The molecule has 1 atom stereocenters. The van der Waals surface area contributed by atoms with Gasteiger partial charge in [0.25, 0.3) is 5.91 Å². The summed E-state index contributed by atoms with van der Waals surface area (Å²) in [5, 5.41) is 0. The third-order valence-electron chi connectivity index (χ3n) is 5.41. The van der Waals surface area contributed by atoms with Crippen molar-refractivity contribution in [3.05, 3.63) is 18.2 Å². The molecule has 0 N–H and O–H groups in total. The Morgan fingerprint density at radius 1 is 1.29 bits per heavy atom. The molecule has 132 valence electrons. The van der Waals surface area contributed by atoms with E-state index in [1.54, 1.807) is 24.1 Å². The van der Waals surface area contributed by atoms with Crippen LogP contribution in [0.1, 0.15) is 36.3 Å². The van der Waals surface area contributed by atoms with E-state index in [1.165, 1.54) is 0 Å². The van der Waals surface area contributed by atoms with Crippen molar-refractivity contribution in [1.82, 2.24) is 19.4 Å². The highest BCUT2D eigenvalue weighted by atomic mass is 16.5. The van der Waals surface area contributed by atoms with Crippen LogP contribution in [0.4, 0.5) is 0 Å². The molecule has 3 heterocycles. The van der Waals surface area contributed by atoms with Crippen LogP contribution in [0.5, 0.6) is 0 Å². The standard InChI is InChI=1S/C17H26N4O3/c1-19-11-7-18-14(19)15(22)20-8-3-4-17(5-9-20)6-10-21(16(17)23)12-13-24-2/h7,11H,3-6,8-10,12-13H2,1-2H3/t17-/m1/s1. The van der Waals surface area contributed by atoms with Crippen LogP contribution in [-0.2, 0) is 16.6 Å². The Bertz CT molecular complexity index is 615. The highest BCUT2D eigenvalue weighted by Crippen LogP contribution is 2.41. The summed E-state index contributed by atoms with van der Waals surface area (Å²) in [6.45, 7) is 3.35. The molecule has 2 amide bonds. The molecule has 1 aromatic rings. The molecular weight excluding hydrogens is 308 g/mol. The second-order valence-corrected chi connectivity index (χ2v) is 6.82. The first-order valence-corrected chi connectivity index (χ1v) is 8.62. The van der Waals surface area contributed by atoms with Crippen LogP contribution in [-0.4, -0.2) is 71.1 Å². The maximum absolute atomic E-state index is 12.9. The topological polar surface area (TPSA) is 67.7 Å². The lowest BCUT2D eigenvalue weighted by Gasteiger charge is -2.26. The predicted molar refractivity (Wildman–Crippen MR) is 88.5 cm³/mol. The molecule has 7 nitrogen and oxygen atoms in total. The largest absolute Gasteiger partial charge is 0.383 e. The van der Waals surface area contributed by atoms with Gasteiger partial charge in [-0.3, -0.25) is 9.59 Å². The van der Waals surface area contributed by atoms with Gasteiger partial charge in [-0.1, -0.05) is 0 Å². The van der Waals surface area contributed by atoms with Gasteiger partial charge in [0, 0.05) is 52.7 Å². The van der Waals surface area contributed by atoms with Gasteiger partial charge in [0.1, 0.15) is 0 Å². The van der Waals surface area contributed by atoms with E-state index in [0.29, 0.717) is 32.1 Å². The number of likely N-dealkylation sites (tertiary alicyclic amines) is 2. The lowest BCUT2D eigenvalue weighted by molar-refractivity contribution is -0.137. The van der Waals surface area contributed by atoms with Gasteiger partial charge in [-0.05, 0) is 25.7 Å². The molecule has 2 aliphatic heterocycles. The number of carbonyl (C=O) groups is 2. The van der Waals surface area contributed by atoms with Crippen molar-refractivity contribution in [2.24, 2.45) is 12.5 Å². The first-order valence-electron chi connectivity index (χ1n) is 8.62. The van der Waals surface area contributed by atoms with Crippen molar-refractivity contribution in [2.45, 2.75) is 25.7 Å². The first kappa shape index (κ1) is 17.0. The van der Waals surface area contributed by atoms with E-state index in [1.807, 2.05) is 16.8 Å². The first-order chi connectivity index (χ1) is 11.6. The van der Waals surface area contributed by atoms with E-state index in [4.69, 9.17) is 4.74 Å². The Kier molecular flexibility index (Phi) is 4.89. The number of amides is 2. The van der Waals surface area contributed by atoms with Gasteiger partial charge in [0.05, 0.1) is 12.0 Å². The van der Waals surface area contributed by atoms with E-state index in [-0.39, 0.29) is 17.2 Å². The molecule has 0 bridgehead atoms. The Morgan fingerprint density at radius 3 is 2.79 bits per heavy atom. The number of carbonyl (C=O) groups excluding carboxylic acids is 2. The van der Waals surface area contributed by atoms with Crippen molar-refractivity contribution >= 4 is 11.8 Å². The molecule has 7 heteroatoms. The van der Waals surface area contributed by atoms with Gasteiger partial charge < -0.3 is 19.1 Å². The summed E-state index contributed by atoms with van der Waals surface area (Å²) in [6, 6.07) is 0. The second kappa shape index (κ2) is 6.93. The van der Waals surface area contributed by atoms with Crippen molar-refractivity contribution in [3.8, 4) is 0 Å². The summed E-state index contributed by atoms with van der Waals surface area (Å²) in [7, 11) is 3.48. The van der Waals surface area contributed by atoms with Gasteiger partial charge in [-0.2, -0.15) is 0 Å². The van der Waals surface area contributed by atoms with Crippen LogP contribution in [0, 0.1) is 5.41 Å². The zero-order valence-electron chi connectivity index (χ0n) is 14.5. The predicted octanol–water partition coefficient (Wildman–Crippen LogP) is 0.911. The van der Waals surface area contributed by atoms with E-state index < -0.39 is 0 Å². The molecule has 0 unspecified atom stereocenters. The highest BCUT2D eigenvalue weighted by molar-refractivity contribution is 5.91. The monoisotopic (exact) mass is 334 g/mol. The summed E-state index contributed by atoms with van der Waals surface area (Å²) in [5.74, 6) is 0.664. The summed E-state index contributed by atoms with van der Waals surface area (Å²) < 4.78 is 6.84. The van der Waals surface area contributed by atoms with Crippen LogP contribution < -0.4 is 0 Å². The lowest BCUT2D eigenvalue weighted by atomic mass is 9.79. The highest BCUT2D eigenvalue weighted by Gasteiger charge is 2.47. The van der Waals surface area contributed by atoms with Gasteiger partial charge >= 0.3 is 0 Å². The minimum Gasteiger partial charge on any atom is -0.383 e. The van der Waals surface area contributed by atoms with Crippen LogP contribution in [0.3, 0.4) is 0 Å². The van der Waals surface area contributed by atoms with E-state index in [2.05, 4.69) is 4.98 Å². The third-order valence-corrected chi connectivity index (χ3v) is 5.41. The number of hydrogen-bond acceptors (Lipinski definition) is 4. The quantitative estimate of drug-likeness (QED) is 0.821. The average Bonchev–Trinajstić information content (AvgIpc) is 3.04. The SMILES string of the molecule is COCCN1CC[C@]2(CCCN(C(=O)c3nccn3C)CC2)C1=O. The number of aryl methyl sites for hydroxylation is 1. The molecule has 0 aliphatic carbocycles. The van der Waals surface area contributed by atoms with Gasteiger partial charge in [-0.25, -0.2) is 4.98 Å². The van der Waals surface area contributed by atoms with E-state index >= 15 is 0 Å². The molecule has 0 aromatic carbocycles. The van der Waals surface area contributed by atoms with Gasteiger partial charge in [0.2, 0.25) is 5.91 Å². The fourth-order valence-electron chi connectivity index (χ4n) is 3.88. The van der Waals surface area contributed by atoms with Gasteiger partial charge in [-0.15, -0.1) is 0 Å². The smallest absolute Gasteiger partial charge is 0.289 e. The van der Waals surface area contributed by atoms with Crippen molar-refractivity contribution in [1.29, 1.82) is 0 Å². The van der Waals surface area contributed by atoms with Crippen molar-refractivity contribution in [2.75, 3.05) is 39.9 Å². The van der Waals surface area contributed by atoms with Crippen molar-refractivity contribution in [3.63, 3.8) is 0 Å². The fourth-order valence-corrected chi connectivity index (χ4v) is 3.88. The number of methoxy groups -OCH3 is 1. The normalized spacial score (nSPS) is 24.7. The zero-order chi connectivity index (χ0) is 17.2. The maximum atomic E-state index is 12.9. The minimum atomic E-state index is -0.287. The van der Waals surface area contributed by atoms with Crippen LogP contribution in [0.15, 0.2) is 12.4 Å². The molecule has 2 fully saturated rings. The Balaban J connectivity index is 1.66. The van der Waals surface area contributed by atoms with Crippen LogP contribution in [0.25, 0.3) is 0 Å². The lowest BCUT2D eigenvalue weighted by Crippen LogP contribution is -2.38. The van der Waals surface area contributed by atoms with Crippen LogP contribution >= 0.6 is 0 Å². The van der Waals surface area contributed by atoms with Gasteiger partial charge in [0.15, 0.2) is 5.82 Å². The summed E-state index contributed by atoms with van der Waals surface area (Å²) in [4.78, 5) is 33.4. The molecule has 0 radical (unpaired) electrons. The third kappa shape index (κ3) is 3.05. The fraction of sp³-hybridized carbons (Fsp3) is 0.706. The molecule has 0 saturated carbocycles. The second-order valence-electron chi connectivity index (χ2n) is 6.82. The molecular formula is C17H26N4O3. The molecule has 1 aromatic heterocycles. The number of imidazole rings is 1. The molecule has 3 rings (SSSR count). The van der Waals surface area contributed by atoms with Crippen LogP contribution in [0.2, 0.25) is 0 Å². The Labute approximate surface area is 142 Å². The number of hydrogen-bond donors (Lipinski definition) is 0. The molecule has 2 aliphatic rings. The Morgan fingerprint density at radius 2 is 2.08 bits per heavy atom. The molecule has 24 heavy (non-hydrogen) atoms. The molecule has 2 saturated heterocycles. The maximum Gasteiger partial charge on any atom is 0.289 e. The van der Waals surface area contributed by atoms with E-state index in [9.17, 15) is 9.59 Å². The zero-order valence-corrected chi connectivity index (χ0v) is 14.5. The Hall–Kier alpha value is -1.89. The number of ether oxygens (including phenoxy) is 1. The summed E-state index contributed by atoms with van der Waals surface area (Å²) in [6.07, 6.45) is 6.77. The average molecular weight is 334 g/mol. The van der Waals surface area contributed by atoms with E-state index in [0.717, 1.165) is 32.2 Å². The molecule has 1 spiro atoms. The summed E-state index contributed by atoms with van der Waals surface area (Å²) >= 11 is 0. The van der Waals surface area contributed by atoms with Crippen molar-refractivity contribution < 1.29 is 14.3 Å². The number of rotatable bonds is 4. The number of nitrogens with zero attached hydrogens (tertiary/aromatic N) is 4.